The first kappa shape index (κ1) is 13.3. The molecule has 2 heteroatoms. The topological polar surface area (TPSA) is 17.0 Å². The largest absolute Gasteiger partial charge is 0.354 e. The van der Waals surface area contributed by atoms with Crippen LogP contribution in [0.3, 0.4) is 0 Å². The zero-order valence-corrected chi connectivity index (χ0v) is 11.4. The molecule has 0 bridgehead atoms. The van der Waals surface area contributed by atoms with Crippen LogP contribution in [0.15, 0.2) is 18.5 Å². The van der Waals surface area contributed by atoms with Crippen LogP contribution >= 0.6 is 0 Å². The molecule has 1 aromatic rings. The van der Waals surface area contributed by atoms with Gasteiger partial charge in [-0.15, -0.1) is 0 Å². The lowest BCUT2D eigenvalue weighted by atomic mass is 9.82. The molecule has 16 heavy (non-hydrogen) atoms. The Balaban J connectivity index is 2.30. The Labute approximate surface area is 100 Å². The van der Waals surface area contributed by atoms with Crippen LogP contribution < -0.4 is 5.32 Å². The Hall–Kier alpha value is -0.760. The van der Waals surface area contributed by atoms with Crippen LogP contribution in [-0.4, -0.2) is 11.1 Å². The molecule has 92 valence electrons. The van der Waals surface area contributed by atoms with Crippen molar-refractivity contribution in [2.75, 3.05) is 6.54 Å². The van der Waals surface area contributed by atoms with E-state index in [0.29, 0.717) is 11.3 Å². The van der Waals surface area contributed by atoms with Gasteiger partial charge in [0.2, 0.25) is 0 Å². The lowest BCUT2D eigenvalue weighted by molar-refractivity contribution is 0.252. The van der Waals surface area contributed by atoms with Gasteiger partial charge in [0.1, 0.15) is 0 Å². The van der Waals surface area contributed by atoms with Gasteiger partial charge >= 0.3 is 0 Å². The SMILES string of the molecule is CCn1ccc(CNCC(C)C(C)(C)C)c1. The highest BCUT2D eigenvalue weighted by Crippen LogP contribution is 2.24. The highest BCUT2D eigenvalue weighted by atomic mass is 14.9. The molecule has 0 aliphatic rings. The molecule has 1 N–H and O–H groups in total. The highest BCUT2D eigenvalue weighted by molar-refractivity contribution is 5.09. The molecule has 0 aliphatic carbocycles. The molecule has 0 aromatic carbocycles. The molecule has 0 fully saturated rings. The normalized spacial score (nSPS) is 14.1. The van der Waals surface area contributed by atoms with E-state index in [1.807, 2.05) is 0 Å². The fourth-order valence-corrected chi connectivity index (χ4v) is 1.53. The van der Waals surface area contributed by atoms with Gasteiger partial charge in [-0.1, -0.05) is 27.7 Å². The average Bonchev–Trinajstić information content (AvgIpc) is 2.64. The summed E-state index contributed by atoms with van der Waals surface area (Å²) in [4.78, 5) is 0. The smallest absolute Gasteiger partial charge is 0.0220 e. The van der Waals surface area contributed by atoms with Crippen molar-refractivity contribution in [3.63, 3.8) is 0 Å². The third-order valence-electron chi connectivity index (χ3n) is 3.43. The van der Waals surface area contributed by atoms with Crippen LogP contribution in [0.25, 0.3) is 0 Å². The van der Waals surface area contributed by atoms with E-state index in [9.17, 15) is 0 Å². The van der Waals surface area contributed by atoms with E-state index in [1.54, 1.807) is 0 Å². The van der Waals surface area contributed by atoms with Gasteiger partial charge in [0.25, 0.3) is 0 Å². The number of nitrogens with zero attached hydrogens (tertiary/aromatic N) is 1. The fraction of sp³-hybridized carbons (Fsp3) is 0.714. The molecule has 2 nitrogen and oxygen atoms in total. The molecule has 0 saturated heterocycles. The number of aryl methyl sites for hydroxylation is 1. The molecule has 0 aliphatic heterocycles. The van der Waals surface area contributed by atoms with Crippen molar-refractivity contribution in [1.29, 1.82) is 0 Å². The number of aromatic nitrogens is 1. The van der Waals surface area contributed by atoms with E-state index in [0.717, 1.165) is 19.6 Å². The molecular formula is C14H26N2. The lowest BCUT2D eigenvalue weighted by Crippen LogP contribution is -2.29. The van der Waals surface area contributed by atoms with Crippen LogP contribution in [0.5, 0.6) is 0 Å². The Morgan fingerprint density at radius 3 is 2.56 bits per heavy atom. The number of hydrogen-bond donors (Lipinski definition) is 1. The van der Waals surface area contributed by atoms with Crippen molar-refractivity contribution in [1.82, 2.24) is 9.88 Å². The molecular weight excluding hydrogens is 196 g/mol. The minimum absolute atomic E-state index is 0.391. The first-order valence-corrected chi connectivity index (χ1v) is 6.29. The summed E-state index contributed by atoms with van der Waals surface area (Å²) in [6.07, 6.45) is 4.36. The molecule has 0 saturated carbocycles. The van der Waals surface area contributed by atoms with Crippen LogP contribution in [0, 0.1) is 11.3 Å². The summed E-state index contributed by atoms with van der Waals surface area (Å²) >= 11 is 0. The lowest BCUT2D eigenvalue weighted by Gasteiger charge is -2.27. The maximum Gasteiger partial charge on any atom is 0.0220 e. The van der Waals surface area contributed by atoms with Gasteiger partial charge in [-0.25, -0.2) is 0 Å². The highest BCUT2D eigenvalue weighted by Gasteiger charge is 2.18. The van der Waals surface area contributed by atoms with E-state index in [-0.39, 0.29) is 0 Å². The van der Waals surface area contributed by atoms with Gasteiger partial charge in [-0.05, 0) is 36.4 Å². The second-order valence-corrected chi connectivity index (χ2v) is 5.75. The minimum Gasteiger partial charge on any atom is -0.354 e. The zero-order valence-electron chi connectivity index (χ0n) is 11.4. The second-order valence-electron chi connectivity index (χ2n) is 5.75. The second kappa shape index (κ2) is 5.53. The van der Waals surface area contributed by atoms with Crippen LogP contribution in [0.4, 0.5) is 0 Å². The van der Waals surface area contributed by atoms with Gasteiger partial charge in [0.15, 0.2) is 0 Å². The van der Waals surface area contributed by atoms with Crippen LogP contribution in [0.1, 0.15) is 40.2 Å². The summed E-state index contributed by atoms with van der Waals surface area (Å²) in [6, 6.07) is 2.19. The Bertz CT molecular complexity index is 307. The number of nitrogens with one attached hydrogen (secondary N) is 1. The predicted octanol–water partition coefficient (Wildman–Crippen LogP) is 3.28. The van der Waals surface area contributed by atoms with E-state index in [2.05, 4.69) is 63.0 Å². The van der Waals surface area contributed by atoms with Crippen molar-refractivity contribution in [3.8, 4) is 0 Å². The maximum absolute atomic E-state index is 3.53. The van der Waals surface area contributed by atoms with E-state index in [4.69, 9.17) is 0 Å². The van der Waals surface area contributed by atoms with Crippen molar-refractivity contribution >= 4 is 0 Å². The molecule has 1 aromatic heterocycles. The standard InChI is InChI=1S/C14H26N2/c1-6-16-8-7-13(11-16)10-15-9-12(2)14(3,4)5/h7-8,11-12,15H,6,9-10H2,1-5H3. The number of hydrogen-bond acceptors (Lipinski definition) is 1. The van der Waals surface area contributed by atoms with Crippen molar-refractivity contribution in [2.24, 2.45) is 11.3 Å². The summed E-state index contributed by atoms with van der Waals surface area (Å²) in [7, 11) is 0. The maximum atomic E-state index is 3.53. The molecule has 0 amide bonds. The van der Waals surface area contributed by atoms with Crippen molar-refractivity contribution in [3.05, 3.63) is 24.0 Å². The fourth-order valence-electron chi connectivity index (χ4n) is 1.53. The monoisotopic (exact) mass is 222 g/mol. The van der Waals surface area contributed by atoms with Gasteiger partial charge in [0.05, 0.1) is 0 Å². The summed E-state index contributed by atoms with van der Waals surface area (Å²) in [5.74, 6) is 0.695. The molecule has 1 rings (SSSR count). The summed E-state index contributed by atoms with van der Waals surface area (Å²) in [6.45, 7) is 14.5. The quantitative estimate of drug-likeness (QED) is 0.809. The minimum atomic E-state index is 0.391. The summed E-state index contributed by atoms with van der Waals surface area (Å²) in [5, 5.41) is 3.53. The van der Waals surface area contributed by atoms with E-state index >= 15 is 0 Å². The van der Waals surface area contributed by atoms with Crippen LogP contribution in [0.2, 0.25) is 0 Å². The van der Waals surface area contributed by atoms with Crippen molar-refractivity contribution < 1.29 is 0 Å². The molecule has 1 atom stereocenters. The molecule has 0 radical (unpaired) electrons. The third-order valence-corrected chi connectivity index (χ3v) is 3.43. The van der Waals surface area contributed by atoms with Gasteiger partial charge in [0, 0.05) is 25.5 Å². The Morgan fingerprint density at radius 2 is 2.06 bits per heavy atom. The van der Waals surface area contributed by atoms with Crippen LogP contribution in [-0.2, 0) is 13.1 Å². The number of rotatable bonds is 5. The predicted molar refractivity (Wildman–Crippen MR) is 70.4 cm³/mol. The van der Waals surface area contributed by atoms with Gasteiger partial charge in [-0.2, -0.15) is 0 Å². The van der Waals surface area contributed by atoms with Crippen molar-refractivity contribution in [2.45, 2.75) is 47.7 Å². The summed E-state index contributed by atoms with van der Waals surface area (Å²) < 4.78 is 2.21. The Morgan fingerprint density at radius 1 is 1.38 bits per heavy atom. The first-order chi connectivity index (χ1) is 7.43. The average molecular weight is 222 g/mol. The third kappa shape index (κ3) is 4.01. The van der Waals surface area contributed by atoms with E-state index < -0.39 is 0 Å². The molecule has 1 unspecified atom stereocenters. The first-order valence-electron chi connectivity index (χ1n) is 6.29. The molecule has 0 spiro atoms. The molecule has 1 heterocycles. The Kier molecular flexibility index (Phi) is 4.60. The summed E-state index contributed by atoms with van der Waals surface area (Å²) in [5.41, 5.74) is 1.77. The van der Waals surface area contributed by atoms with E-state index in [1.165, 1.54) is 5.56 Å². The zero-order chi connectivity index (χ0) is 12.2. The van der Waals surface area contributed by atoms with Gasteiger partial charge in [-0.3, -0.25) is 0 Å². The van der Waals surface area contributed by atoms with Gasteiger partial charge < -0.3 is 9.88 Å².